The Morgan fingerprint density at radius 2 is 1.64 bits per heavy atom. The summed E-state index contributed by atoms with van der Waals surface area (Å²) < 4.78 is 2.21. The molecule has 6 nitrogen and oxygen atoms in total. The molecule has 0 radical (unpaired) electrons. The maximum atomic E-state index is 6.14. The summed E-state index contributed by atoms with van der Waals surface area (Å²) >= 11 is 6.14. The molecule has 39 heavy (non-hydrogen) atoms. The second-order valence-electron chi connectivity index (χ2n) is 11.0. The first kappa shape index (κ1) is 26.1. The molecule has 2 aliphatic rings. The summed E-state index contributed by atoms with van der Waals surface area (Å²) in [5.74, 6) is 1.94. The van der Waals surface area contributed by atoms with Crippen LogP contribution in [0.15, 0.2) is 66.7 Å². The van der Waals surface area contributed by atoms with Crippen LogP contribution in [0.25, 0.3) is 16.8 Å². The van der Waals surface area contributed by atoms with Crippen molar-refractivity contribution in [2.45, 2.75) is 38.6 Å². The van der Waals surface area contributed by atoms with Crippen LogP contribution in [0.5, 0.6) is 0 Å². The Balaban J connectivity index is 1.22. The Kier molecular flexibility index (Phi) is 7.69. The molecule has 1 fully saturated rings. The molecule has 4 aromatic rings. The van der Waals surface area contributed by atoms with Crippen LogP contribution in [0, 0.1) is 6.92 Å². The molecule has 6 rings (SSSR count). The number of aryl methyl sites for hydroxylation is 3. The van der Waals surface area contributed by atoms with Gasteiger partial charge in [-0.1, -0.05) is 41.9 Å². The molecule has 202 valence electrons. The molecule has 1 aromatic heterocycles. The minimum absolute atomic E-state index is 0.149. The minimum Gasteiger partial charge on any atom is -0.378 e. The summed E-state index contributed by atoms with van der Waals surface area (Å²) in [5, 5.41) is 13.4. The third-order valence-corrected chi connectivity index (χ3v) is 8.45. The van der Waals surface area contributed by atoms with E-state index in [0.29, 0.717) is 0 Å². The number of nitrogens with one attached hydrogen (secondary N) is 1. The highest BCUT2D eigenvalue weighted by atomic mass is 35.5. The molecular weight excluding hydrogens is 504 g/mol. The molecule has 7 heteroatoms. The van der Waals surface area contributed by atoms with Crippen LogP contribution in [0.2, 0.25) is 5.02 Å². The van der Waals surface area contributed by atoms with Gasteiger partial charge < -0.3 is 15.1 Å². The quantitative estimate of drug-likeness (QED) is 0.303. The van der Waals surface area contributed by atoms with Crippen molar-refractivity contribution in [2.75, 3.05) is 45.1 Å². The third kappa shape index (κ3) is 5.88. The standard InChI is InChI=1S/C32H37ClN6/c1-23-35-36-32-16-14-30(34-28-12-10-27(33)11-13-28)29-22-26(9-15-31(29)39(23)32)25-7-5-24(6-8-25)4-3-17-38-20-18-37(2)19-21-38/h5-13,15,22,30,34H,3-4,14,16-21H2,1-2H3. The zero-order valence-electron chi connectivity index (χ0n) is 22.9. The van der Waals surface area contributed by atoms with Crippen LogP contribution >= 0.6 is 11.6 Å². The first-order valence-corrected chi connectivity index (χ1v) is 14.5. The summed E-state index contributed by atoms with van der Waals surface area (Å²) in [6, 6.07) is 24.1. The molecule has 3 aromatic carbocycles. The van der Waals surface area contributed by atoms with Gasteiger partial charge >= 0.3 is 0 Å². The molecule has 0 spiro atoms. The maximum absolute atomic E-state index is 6.14. The first-order valence-electron chi connectivity index (χ1n) is 14.1. The van der Waals surface area contributed by atoms with E-state index in [-0.39, 0.29) is 6.04 Å². The third-order valence-electron chi connectivity index (χ3n) is 8.20. The van der Waals surface area contributed by atoms with Crippen LogP contribution in [0.1, 0.15) is 41.7 Å². The number of fused-ring (bicyclic) bond motifs is 3. The second kappa shape index (κ2) is 11.5. The predicted molar refractivity (Wildman–Crippen MR) is 160 cm³/mol. The molecule has 1 saturated heterocycles. The van der Waals surface area contributed by atoms with E-state index in [1.54, 1.807) is 0 Å². The Labute approximate surface area is 236 Å². The number of rotatable bonds is 7. The van der Waals surface area contributed by atoms with Gasteiger partial charge in [0.25, 0.3) is 0 Å². The number of benzene rings is 3. The van der Waals surface area contributed by atoms with Crippen LogP contribution in [-0.4, -0.2) is 64.3 Å². The lowest BCUT2D eigenvalue weighted by atomic mass is 9.95. The van der Waals surface area contributed by atoms with E-state index < -0.39 is 0 Å². The zero-order chi connectivity index (χ0) is 26.8. The molecule has 1 unspecified atom stereocenters. The molecule has 2 aliphatic heterocycles. The van der Waals surface area contributed by atoms with Gasteiger partial charge in [-0.25, -0.2) is 0 Å². The van der Waals surface area contributed by atoms with Gasteiger partial charge in [0, 0.05) is 43.3 Å². The lowest BCUT2D eigenvalue weighted by Crippen LogP contribution is -2.44. The number of halogens is 1. The molecule has 0 bridgehead atoms. The fraction of sp³-hybridized carbons (Fsp3) is 0.375. The van der Waals surface area contributed by atoms with Gasteiger partial charge in [-0.3, -0.25) is 4.57 Å². The van der Waals surface area contributed by atoms with E-state index in [2.05, 4.69) is 79.4 Å². The monoisotopic (exact) mass is 540 g/mol. The predicted octanol–water partition coefficient (Wildman–Crippen LogP) is 6.18. The number of nitrogens with zero attached hydrogens (tertiary/aromatic N) is 5. The molecular formula is C32H37ClN6. The lowest BCUT2D eigenvalue weighted by Gasteiger charge is -2.32. The van der Waals surface area contributed by atoms with Crippen LogP contribution < -0.4 is 5.32 Å². The average molecular weight is 541 g/mol. The summed E-state index contributed by atoms with van der Waals surface area (Å²) in [5.41, 5.74) is 7.37. The smallest absolute Gasteiger partial charge is 0.137 e. The molecule has 0 saturated carbocycles. The number of piperazine rings is 1. The highest BCUT2D eigenvalue weighted by Crippen LogP contribution is 2.36. The SMILES string of the molecule is Cc1nnc2n1-c1ccc(-c3ccc(CCCN4CCN(C)CC4)cc3)cc1C(Nc1ccc(Cl)cc1)CC2. The Bertz CT molecular complexity index is 1400. The van der Waals surface area contributed by atoms with Gasteiger partial charge in [0.15, 0.2) is 0 Å². The summed E-state index contributed by atoms with van der Waals surface area (Å²) in [7, 11) is 2.21. The van der Waals surface area contributed by atoms with Gasteiger partial charge in [0.05, 0.1) is 11.7 Å². The summed E-state index contributed by atoms with van der Waals surface area (Å²) in [6.07, 6.45) is 4.13. The van der Waals surface area contributed by atoms with Gasteiger partial charge in [-0.05, 0) is 98.4 Å². The maximum Gasteiger partial charge on any atom is 0.137 e. The van der Waals surface area contributed by atoms with Crippen LogP contribution in [0.3, 0.4) is 0 Å². The van der Waals surface area contributed by atoms with Crippen LogP contribution in [0.4, 0.5) is 5.69 Å². The van der Waals surface area contributed by atoms with Crippen molar-refractivity contribution >= 4 is 17.3 Å². The van der Waals surface area contributed by atoms with Gasteiger partial charge in [-0.2, -0.15) is 0 Å². The topological polar surface area (TPSA) is 49.2 Å². The van der Waals surface area contributed by atoms with Gasteiger partial charge in [0.2, 0.25) is 0 Å². The van der Waals surface area contributed by atoms with Crippen molar-refractivity contribution in [3.8, 4) is 16.8 Å². The Morgan fingerprint density at radius 3 is 2.41 bits per heavy atom. The minimum atomic E-state index is 0.149. The number of hydrogen-bond acceptors (Lipinski definition) is 5. The van der Waals surface area contributed by atoms with Crippen molar-refractivity contribution in [2.24, 2.45) is 0 Å². The molecule has 0 aliphatic carbocycles. The fourth-order valence-electron chi connectivity index (χ4n) is 5.87. The normalized spacial score (nSPS) is 17.9. The number of likely N-dealkylation sites (N-methyl/N-ethyl adjacent to an activating group) is 1. The molecule has 1 atom stereocenters. The Morgan fingerprint density at radius 1 is 0.897 bits per heavy atom. The molecule has 3 heterocycles. The van der Waals surface area contributed by atoms with Crippen molar-refractivity contribution in [1.29, 1.82) is 0 Å². The van der Waals surface area contributed by atoms with Crippen molar-refractivity contribution in [1.82, 2.24) is 24.6 Å². The first-order chi connectivity index (χ1) is 19.0. The zero-order valence-corrected chi connectivity index (χ0v) is 23.7. The number of hydrogen-bond donors (Lipinski definition) is 1. The van der Waals surface area contributed by atoms with Crippen LogP contribution in [-0.2, 0) is 12.8 Å². The fourth-order valence-corrected chi connectivity index (χ4v) is 5.99. The van der Waals surface area contributed by atoms with Gasteiger partial charge in [0.1, 0.15) is 11.6 Å². The largest absolute Gasteiger partial charge is 0.378 e. The highest BCUT2D eigenvalue weighted by molar-refractivity contribution is 6.30. The van der Waals surface area contributed by atoms with Crippen molar-refractivity contribution < 1.29 is 0 Å². The summed E-state index contributed by atoms with van der Waals surface area (Å²) in [6.45, 7) is 7.97. The number of aromatic nitrogens is 3. The van der Waals surface area contributed by atoms with E-state index in [1.165, 1.54) is 61.4 Å². The highest BCUT2D eigenvalue weighted by Gasteiger charge is 2.25. The van der Waals surface area contributed by atoms with Crippen molar-refractivity contribution in [3.63, 3.8) is 0 Å². The van der Waals surface area contributed by atoms with E-state index >= 15 is 0 Å². The van der Waals surface area contributed by atoms with E-state index in [0.717, 1.165) is 47.3 Å². The molecule has 0 amide bonds. The molecule has 1 N–H and O–H groups in total. The summed E-state index contributed by atoms with van der Waals surface area (Å²) in [4.78, 5) is 5.02. The van der Waals surface area contributed by atoms with Crippen molar-refractivity contribution in [3.05, 3.63) is 94.5 Å². The van der Waals surface area contributed by atoms with E-state index in [9.17, 15) is 0 Å². The van der Waals surface area contributed by atoms with E-state index in [4.69, 9.17) is 11.6 Å². The van der Waals surface area contributed by atoms with E-state index in [1.807, 2.05) is 31.2 Å². The average Bonchev–Trinajstić information content (AvgIpc) is 3.25. The Hall–Kier alpha value is -3.19. The second-order valence-corrected chi connectivity index (χ2v) is 11.4. The number of anilines is 1. The lowest BCUT2D eigenvalue weighted by molar-refractivity contribution is 0.153. The van der Waals surface area contributed by atoms with Gasteiger partial charge in [-0.15, -0.1) is 10.2 Å².